The third-order valence-electron chi connectivity index (χ3n) is 2.04. The molecule has 1 aromatic rings. The predicted octanol–water partition coefficient (Wildman–Crippen LogP) is 1.29. The molecule has 0 bridgehead atoms. The second-order valence-corrected chi connectivity index (χ2v) is 4.27. The zero-order chi connectivity index (χ0) is 14.6. The predicted molar refractivity (Wildman–Crippen MR) is 64.7 cm³/mol. The summed E-state index contributed by atoms with van der Waals surface area (Å²) in [7, 11) is 0. The fraction of sp³-hybridized carbons (Fsp3) is 0.200. The van der Waals surface area contributed by atoms with Crippen molar-refractivity contribution in [2.24, 2.45) is 0 Å². The smallest absolute Gasteiger partial charge is 0.328 e. The summed E-state index contributed by atoms with van der Waals surface area (Å²) in [5.41, 5.74) is -0.458. The van der Waals surface area contributed by atoms with E-state index in [0.717, 1.165) is 12.1 Å². The molecule has 0 aromatic heterocycles. The molecule has 0 spiro atoms. The van der Waals surface area contributed by atoms with Crippen molar-refractivity contribution < 1.29 is 28.6 Å². The van der Waals surface area contributed by atoms with E-state index >= 15 is 0 Å². The van der Waals surface area contributed by atoms with Crippen molar-refractivity contribution in [1.82, 2.24) is 5.32 Å². The number of amides is 2. The molecule has 9 heteroatoms. The van der Waals surface area contributed by atoms with Gasteiger partial charge in [-0.3, -0.25) is 0 Å². The van der Waals surface area contributed by atoms with Gasteiger partial charge in [0.15, 0.2) is 6.04 Å². The minimum atomic E-state index is -1.54. The highest BCUT2D eigenvalue weighted by Crippen LogP contribution is 2.23. The van der Waals surface area contributed by atoms with E-state index in [9.17, 15) is 18.4 Å². The topological polar surface area (TPSA) is 98.7 Å². The molecule has 2 amide bonds. The van der Waals surface area contributed by atoms with Crippen molar-refractivity contribution in [3.05, 3.63) is 28.2 Å². The fourth-order valence-corrected chi connectivity index (χ4v) is 1.44. The molecule has 1 rings (SSSR count). The quantitative estimate of drug-likeness (QED) is 0.622. The molecule has 6 nitrogen and oxygen atoms in total. The highest BCUT2D eigenvalue weighted by atomic mass is 79.9. The second kappa shape index (κ2) is 6.43. The summed E-state index contributed by atoms with van der Waals surface area (Å²) in [5.74, 6) is -3.16. The number of carbonyl (C=O) groups is 2. The van der Waals surface area contributed by atoms with Gasteiger partial charge in [0, 0.05) is 6.07 Å². The lowest BCUT2D eigenvalue weighted by Crippen LogP contribution is -2.45. The van der Waals surface area contributed by atoms with Crippen LogP contribution >= 0.6 is 15.9 Å². The van der Waals surface area contributed by atoms with Crippen molar-refractivity contribution in [3.8, 4) is 0 Å². The van der Waals surface area contributed by atoms with E-state index < -0.39 is 42.0 Å². The van der Waals surface area contributed by atoms with E-state index in [1.807, 2.05) is 10.6 Å². The van der Waals surface area contributed by atoms with Crippen LogP contribution in [0.1, 0.15) is 0 Å². The molecule has 1 atom stereocenters. The van der Waals surface area contributed by atoms with Gasteiger partial charge in [0.1, 0.15) is 11.6 Å². The zero-order valence-electron chi connectivity index (χ0n) is 9.28. The summed E-state index contributed by atoms with van der Waals surface area (Å²) >= 11 is 2.76. The Morgan fingerprint density at radius 2 is 1.95 bits per heavy atom. The first kappa shape index (κ1) is 15.3. The minimum Gasteiger partial charge on any atom is -0.480 e. The van der Waals surface area contributed by atoms with Gasteiger partial charge < -0.3 is 20.8 Å². The van der Waals surface area contributed by atoms with Crippen LogP contribution < -0.4 is 10.6 Å². The Morgan fingerprint density at radius 3 is 2.47 bits per heavy atom. The molecule has 0 aliphatic heterocycles. The van der Waals surface area contributed by atoms with E-state index in [-0.39, 0.29) is 4.47 Å². The first-order valence-corrected chi connectivity index (χ1v) is 5.70. The standard InChI is InChI=1S/C10H9BrF2N2O4/c11-4-1-6(13)7(2-5(4)12)14-10(19)15-8(3-16)9(17)18/h1-2,8,16H,3H2,(H,17,18)(H2,14,15,19)/t8-/m1/s1. The van der Waals surface area contributed by atoms with Crippen LogP contribution in [0.3, 0.4) is 0 Å². The van der Waals surface area contributed by atoms with Gasteiger partial charge >= 0.3 is 12.0 Å². The number of hydrogen-bond acceptors (Lipinski definition) is 3. The normalized spacial score (nSPS) is 11.8. The summed E-state index contributed by atoms with van der Waals surface area (Å²) in [6, 6.07) is -1.08. The Hall–Kier alpha value is -1.74. The maximum atomic E-state index is 13.4. The van der Waals surface area contributed by atoms with Crippen molar-refractivity contribution in [2.45, 2.75) is 6.04 Å². The Labute approximate surface area is 114 Å². The SMILES string of the molecule is O=C(Nc1cc(F)c(Br)cc1F)N[C@H](CO)C(=O)O. The van der Waals surface area contributed by atoms with Gasteiger partial charge in [-0.2, -0.15) is 0 Å². The number of anilines is 1. The van der Waals surface area contributed by atoms with Gasteiger partial charge in [0.2, 0.25) is 0 Å². The van der Waals surface area contributed by atoms with Gasteiger partial charge in [0.05, 0.1) is 16.8 Å². The molecule has 4 N–H and O–H groups in total. The third kappa shape index (κ3) is 4.14. The van der Waals surface area contributed by atoms with Crippen molar-refractivity contribution in [3.63, 3.8) is 0 Å². The van der Waals surface area contributed by atoms with Crippen LogP contribution in [0.5, 0.6) is 0 Å². The lowest BCUT2D eigenvalue weighted by Gasteiger charge is -2.13. The van der Waals surface area contributed by atoms with Crippen LogP contribution in [0.25, 0.3) is 0 Å². The number of carboxylic acids is 1. The first-order chi connectivity index (χ1) is 8.85. The highest BCUT2D eigenvalue weighted by molar-refractivity contribution is 9.10. The Kier molecular flexibility index (Phi) is 5.19. The number of carboxylic acid groups (broad SMARTS) is 1. The van der Waals surface area contributed by atoms with Crippen LogP contribution in [0.4, 0.5) is 19.3 Å². The molecule has 104 valence electrons. The second-order valence-electron chi connectivity index (χ2n) is 3.42. The largest absolute Gasteiger partial charge is 0.480 e. The molecule has 0 saturated carbocycles. The van der Waals surface area contributed by atoms with Crippen LogP contribution in [0, 0.1) is 11.6 Å². The number of aliphatic hydroxyl groups excluding tert-OH is 1. The minimum absolute atomic E-state index is 0.116. The number of benzene rings is 1. The summed E-state index contributed by atoms with van der Waals surface area (Å²) < 4.78 is 26.4. The third-order valence-corrected chi connectivity index (χ3v) is 2.65. The van der Waals surface area contributed by atoms with E-state index in [4.69, 9.17) is 10.2 Å². The maximum absolute atomic E-state index is 13.4. The van der Waals surface area contributed by atoms with Crippen LogP contribution in [-0.4, -0.2) is 34.9 Å². The van der Waals surface area contributed by atoms with Crippen LogP contribution in [0.2, 0.25) is 0 Å². The lowest BCUT2D eigenvalue weighted by atomic mass is 10.3. The van der Waals surface area contributed by atoms with Gasteiger partial charge in [-0.15, -0.1) is 0 Å². The molecule has 0 fully saturated rings. The highest BCUT2D eigenvalue weighted by Gasteiger charge is 2.19. The number of aliphatic hydroxyl groups is 1. The number of rotatable bonds is 4. The number of nitrogens with one attached hydrogen (secondary N) is 2. The Bertz CT molecular complexity index is 513. The number of urea groups is 1. The monoisotopic (exact) mass is 338 g/mol. The summed E-state index contributed by atoms with van der Waals surface area (Å²) in [6.45, 7) is -0.833. The number of hydrogen-bond donors (Lipinski definition) is 4. The van der Waals surface area contributed by atoms with Crippen LogP contribution in [0.15, 0.2) is 16.6 Å². The summed E-state index contributed by atoms with van der Waals surface area (Å²) in [5, 5.41) is 21.1. The van der Waals surface area contributed by atoms with Crippen LogP contribution in [-0.2, 0) is 4.79 Å². The van der Waals surface area contributed by atoms with Gasteiger partial charge in [0.25, 0.3) is 0 Å². The van der Waals surface area contributed by atoms with Gasteiger partial charge in [-0.05, 0) is 22.0 Å². The van der Waals surface area contributed by atoms with Gasteiger partial charge in [-0.25, -0.2) is 18.4 Å². The molecule has 0 saturated heterocycles. The molecular weight excluding hydrogens is 330 g/mol. The molecule has 0 aliphatic carbocycles. The first-order valence-electron chi connectivity index (χ1n) is 4.91. The Balaban J connectivity index is 2.77. The Morgan fingerprint density at radius 1 is 1.32 bits per heavy atom. The maximum Gasteiger partial charge on any atom is 0.328 e. The molecule has 0 unspecified atom stereocenters. The average Bonchev–Trinajstić information content (AvgIpc) is 2.32. The summed E-state index contributed by atoms with van der Waals surface area (Å²) in [6.07, 6.45) is 0. The van der Waals surface area contributed by atoms with E-state index in [1.54, 1.807) is 0 Å². The van der Waals surface area contributed by atoms with Crippen molar-refractivity contribution in [2.75, 3.05) is 11.9 Å². The number of carbonyl (C=O) groups excluding carboxylic acids is 1. The molecule has 0 radical (unpaired) electrons. The zero-order valence-corrected chi connectivity index (χ0v) is 10.9. The molecule has 0 heterocycles. The van der Waals surface area contributed by atoms with Crippen molar-refractivity contribution >= 4 is 33.6 Å². The van der Waals surface area contributed by atoms with E-state index in [0.29, 0.717) is 0 Å². The fourth-order valence-electron chi connectivity index (χ4n) is 1.12. The molecule has 1 aromatic carbocycles. The number of halogens is 3. The molecule has 19 heavy (non-hydrogen) atoms. The summed E-state index contributed by atoms with van der Waals surface area (Å²) in [4.78, 5) is 21.9. The van der Waals surface area contributed by atoms with Gasteiger partial charge in [-0.1, -0.05) is 0 Å². The number of aliphatic carboxylic acids is 1. The molecule has 0 aliphatic rings. The lowest BCUT2D eigenvalue weighted by molar-refractivity contribution is -0.140. The average molecular weight is 339 g/mol. The van der Waals surface area contributed by atoms with E-state index in [2.05, 4.69) is 15.9 Å². The van der Waals surface area contributed by atoms with Crippen molar-refractivity contribution in [1.29, 1.82) is 0 Å². The molecular formula is C10H9BrF2N2O4. The van der Waals surface area contributed by atoms with E-state index in [1.165, 1.54) is 0 Å².